The van der Waals surface area contributed by atoms with E-state index >= 15 is 0 Å². The van der Waals surface area contributed by atoms with Crippen molar-refractivity contribution in [2.45, 2.75) is 97.3 Å². The van der Waals surface area contributed by atoms with Gasteiger partial charge in [-0.1, -0.05) is 58.0 Å². The van der Waals surface area contributed by atoms with Crippen LogP contribution >= 0.6 is 0 Å². The average molecular weight is 580 g/mol. The van der Waals surface area contributed by atoms with E-state index in [9.17, 15) is 9.59 Å². The van der Waals surface area contributed by atoms with Crippen molar-refractivity contribution in [1.82, 2.24) is 16.0 Å². The molecule has 10 heteroatoms. The highest BCUT2D eigenvalue weighted by atomic mass is 16.7. The van der Waals surface area contributed by atoms with E-state index < -0.39 is 13.2 Å². The highest BCUT2D eigenvalue weighted by Gasteiger charge is 2.68. The predicted molar refractivity (Wildman–Crippen MR) is 168 cm³/mol. The molecule has 3 saturated carbocycles. The summed E-state index contributed by atoms with van der Waals surface area (Å²) in [4.78, 5) is 31.0. The summed E-state index contributed by atoms with van der Waals surface area (Å²) in [7, 11) is 1.09. The van der Waals surface area contributed by atoms with Gasteiger partial charge in [0.25, 0.3) is 0 Å². The van der Waals surface area contributed by atoms with Crippen LogP contribution in [0.1, 0.15) is 79.2 Å². The van der Waals surface area contributed by atoms with Crippen LogP contribution in [0.4, 0.5) is 0 Å². The average Bonchev–Trinajstić information content (AvgIpc) is 3.31. The van der Waals surface area contributed by atoms with Crippen LogP contribution in [-0.4, -0.2) is 62.2 Å². The van der Waals surface area contributed by atoms with Gasteiger partial charge in [-0.2, -0.15) is 0 Å². The zero-order chi connectivity index (χ0) is 30.7. The van der Waals surface area contributed by atoms with Crippen LogP contribution in [0.5, 0.6) is 0 Å². The highest BCUT2D eigenvalue weighted by molar-refractivity contribution is 6.48. The van der Waals surface area contributed by atoms with Crippen molar-refractivity contribution in [2.24, 2.45) is 33.9 Å². The van der Waals surface area contributed by atoms with Gasteiger partial charge < -0.3 is 31.0 Å². The Labute approximate surface area is 252 Å². The Morgan fingerprint density at radius 3 is 2.52 bits per heavy atom. The normalized spacial score (nSPS) is 28.0. The molecule has 2 amide bonds. The van der Waals surface area contributed by atoms with Crippen molar-refractivity contribution in [3.63, 3.8) is 0 Å². The van der Waals surface area contributed by atoms with Gasteiger partial charge in [-0.15, -0.1) is 0 Å². The number of hydrogen-bond acceptors (Lipinski definition) is 5. The molecule has 42 heavy (non-hydrogen) atoms. The van der Waals surface area contributed by atoms with E-state index in [1.54, 1.807) is 14.0 Å². The van der Waals surface area contributed by atoms with E-state index in [4.69, 9.17) is 15.0 Å². The number of nitrogens with two attached hydrogens (primary N) is 1. The molecule has 9 nitrogen and oxygen atoms in total. The molecule has 5 N–H and O–H groups in total. The van der Waals surface area contributed by atoms with Crippen LogP contribution in [0.25, 0.3) is 6.08 Å². The maximum Gasteiger partial charge on any atom is 0.481 e. The predicted octanol–water partition coefficient (Wildman–Crippen LogP) is 3.69. The van der Waals surface area contributed by atoms with Gasteiger partial charge in [-0.05, 0) is 80.8 Å². The lowest BCUT2D eigenvalue weighted by molar-refractivity contribution is -0.199. The molecule has 0 aromatic heterocycles. The first-order chi connectivity index (χ1) is 19.8. The first kappa shape index (κ1) is 32.1. The van der Waals surface area contributed by atoms with Gasteiger partial charge in [-0.3, -0.25) is 14.6 Å². The van der Waals surface area contributed by atoms with E-state index in [0.29, 0.717) is 55.1 Å². The molecule has 4 fully saturated rings. The molecule has 0 radical (unpaired) electrons. The van der Waals surface area contributed by atoms with Crippen LogP contribution in [0.15, 0.2) is 40.9 Å². The molecule has 1 aliphatic heterocycles. The maximum atomic E-state index is 13.8. The molecule has 1 aromatic carbocycles. The van der Waals surface area contributed by atoms with E-state index in [-0.39, 0.29) is 34.9 Å². The molecule has 2 bridgehead atoms. The molecular formula is C32H50BN5O4. The van der Waals surface area contributed by atoms with Gasteiger partial charge in [0.2, 0.25) is 11.8 Å². The molecule has 0 unspecified atom stereocenters. The first-order valence-corrected chi connectivity index (χ1v) is 15.5. The van der Waals surface area contributed by atoms with Crippen molar-refractivity contribution in [2.75, 3.05) is 13.6 Å². The Morgan fingerprint density at radius 2 is 1.88 bits per heavy atom. The topological polar surface area (TPSA) is 127 Å². The number of amides is 2. The fourth-order valence-electron chi connectivity index (χ4n) is 7.11. The monoisotopic (exact) mass is 579 g/mol. The Kier molecular flexibility index (Phi) is 10.1. The number of nitrogens with zero attached hydrogens (tertiary/aromatic N) is 1. The lowest BCUT2D eigenvalue weighted by Crippen LogP contribution is -2.65. The van der Waals surface area contributed by atoms with E-state index in [1.807, 2.05) is 36.4 Å². The van der Waals surface area contributed by atoms with Crippen molar-refractivity contribution < 1.29 is 18.9 Å². The number of carbonyl (C=O) groups is 2. The lowest BCUT2D eigenvalue weighted by Gasteiger charge is -2.64. The van der Waals surface area contributed by atoms with Gasteiger partial charge in [-0.25, -0.2) is 0 Å². The molecular weight excluding hydrogens is 529 g/mol. The molecule has 3 aliphatic carbocycles. The van der Waals surface area contributed by atoms with E-state index in [1.165, 1.54) is 6.42 Å². The Bertz CT molecular complexity index is 1170. The fourth-order valence-corrected chi connectivity index (χ4v) is 7.11. The van der Waals surface area contributed by atoms with Crippen LogP contribution in [0, 0.1) is 23.2 Å². The molecule has 230 valence electrons. The van der Waals surface area contributed by atoms with Crippen LogP contribution < -0.4 is 21.7 Å². The van der Waals surface area contributed by atoms with Crippen LogP contribution in [0.3, 0.4) is 0 Å². The van der Waals surface area contributed by atoms with Crippen LogP contribution in [0.2, 0.25) is 0 Å². The molecule has 1 saturated heterocycles. The standard InChI is InChI=1S/C32H50BN5O4/c1-20(2)16-27(33-41-26-19-23-18-25(31(23,4)5)32(26,6)42-33)38-29(40)24(14-11-15-36-30(34)35-7)37-28(39)21(3)17-22-12-9-8-10-13-22/h8-10,12-13,17,20,23-27H,11,14-16,18-19H2,1-7H3,(H,37,39)(H,38,40)(H3,34,35,36)/b21-17+/t23-,24-,25-,26+,27-,32-/m0/s1. The van der Waals surface area contributed by atoms with Crippen LogP contribution in [-0.2, 0) is 18.9 Å². The Balaban J connectivity index is 1.47. The summed E-state index contributed by atoms with van der Waals surface area (Å²) in [6.45, 7) is 13.4. The number of benzene rings is 1. The summed E-state index contributed by atoms with van der Waals surface area (Å²) in [5.41, 5.74) is 7.10. The lowest BCUT2D eigenvalue weighted by atomic mass is 9.43. The molecule has 1 aromatic rings. The minimum Gasteiger partial charge on any atom is -0.404 e. The quantitative estimate of drug-likeness (QED) is 0.0984. The van der Waals surface area contributed by atoms with Gasteiger partial charge >= 0.3 is 7.12 Å². The zero-order valence-electron chi connectivity index (χ0n) is 26.4. The molecule has 6 atom stereocenters. The second kappa shape index (κ2) is 13.2. The molecule has 4 aliphatic rings. The van der Waals surface area contributed by atoms with Crippen molar-refractivity contribution in [1.29, 1.82) is 0 Å². The fraction of sp³-hybridized carbons (Fsp3) is 0.656. The zero-order valence-corrected chi connectivity index (χ0v) is 26.4. The molecule has 5 rings (SSSR count). The number of guanidine groups is 1. The number of carbonyl (C=O) groups excluding carboxylic acids is 2. The number of aliphatic imine (C=N–C) groups is 1. The SMILES string of the molecule is CN=C(N)NCCC[C@H](NC(=O)/C(C)=C/c1ccccc1)C(=O)N[C@@H](CC(C)C)B1O[C@@H]2C[C@@H]3C[C@@H](C3(C)C)[C@]2(C)O1. The maximum absolute atomic E-state index is 13.8. The largest absolute Gasteiger partial charge is 0.481 e. The van der Waals surface area contributed by atoms with Crippen molar-refractivity contribution in [3.05, 3.63) is 41.5 Å². The molecule has 0 spiro atoms. The third-order valence-corrected chi connectivity index (χ3v) is 9.73. The first-order valence-electron chi connectivity index (χ1n) is 15.5. The highest BCUT2D eigenvalue weighted by Crippen LogP contribution is 2.65. The third kappa shape index (κ3) is 7.02. The summed E-state index contributed by atoms with van der Waals surface area (Å²) in [6.07, 6.45) is 5.75. The van der Waals surface area contributed by atoms with Gasteiger partial charge in [0.15, 0.2) is 5.96 Å². The van der Waals surface area contributed by atoms with E-state index in [2.05, 4.69) is 55.6 Å². The van der Waals surface area contributed by atoms with Gasteiger partial charge in [0.05, 0.1) is 17.6 Å². The summed E-state index contributed by atoms with van der Waals surface area (Å²) in [5.74, 6) is 0.881. The second-order valence-corrected chi connectivity index (χ2v) is 13.5. The summed E-state index contributed by atoms with van der Waals surface area (Å²) >= 11 is 0. The summed E-state index contributed by atoms with van der Waals surface area (Å²) < 4.78 is 13.3. The van der Waals surface area contributed by atoms with E-state index in [0.717, 1.165) is 12.0 Å². The number of rotatable bonds is 12. The Morgan fingerprint density at radius 1 is 1.17 bits per heavy atom. The van der Waals surface area contributed by atoms with Gasteiger partial charge in [0, 0.05) is 19.2 Å². The number of hydrogen-bond donors (Lipinski definition) is 4. The summed E-state index contributed by atoms with van der Waals surface area (Å²) in [6, 6.07) is 8.92. The third-order valence-electron chi connectivity index (χ3n) is 9.73. The summed E-state index contributed by atoms with van der Waals surface area (Å²) in [5, 5.41) is 9.24. The number of nitrogens with one attached hydrogen (secondary N) is 3. The molecule has 1 heterocycles. The second-order valence-electron chi connectivity index (χ2n) is 13.5. The minimum atomic E-state index is -0.737. The Hall–Kier alpha value is -2.85. The van der Waals surface area contributed by atoms with Crippen molar-refractivity contribution in [3.8, 4) is 0 Å². The van der Waals surface area contributed by atoms with Gasteiger partial charge in [0.1, 0.15) is 6.04 Å². The smallest absolute Gasteiger partial charge is 0.404 e. The minimum absolute atomic E-state index is 0.0314. The van der Waals surface area contributed by atoms with Crippen molar-refractivity contribution >= 4 is 31.0 Å².